The number of thiophene rings is 1. The maximum absolute atomic E-state index is 13.3. The highest BCUT2D eigenvalue weighted by atomic mass is 32.2. The molecule has 29 heavy (non-hydrogen) atoms. The highest BCUT2D eigenvalue weighted by Crippen LogP contribution is 2.37. The Balaban J connectivity index is 1.52. The molecule has 1 amide bonds. The standard InChI is InChI=1S/C19H16FN5O2S2/c1-10(2)16-24-25-19(27-16)23-14(26)8-29-18-15-13(7-28-17(15)21-9-22-18)11-3-5-12(20)6-4-11/h3-7,9-10H,8H2,1-2H3,(H,23,25,26). The van der Waals surface area contributed by atoms with Crippen LogP contribution in [0.25, 0.3) is 21.3 Å². The van der Waals surface area contributed by atoms with Crippen molar-refractivity contribution in [3.63, 3.8) is 0 Å². The van der Waals surface area contributed by atoms with Gasteiger partial charge in [0.05, 0.1) is 11.1 Å². The minimum absolute atomic E-state index is 0.0784. The van der Waals surface area contributed by atoms with E-state index in [9.17, 15) is 9.18 Å². The first-order valence-electron chi connectivity index (χ1n) is 8.75. The number of aromatic nitrogens is 4. The van der Waals surface area contributed by atoms with Crippen LogP contribution in [0.15, 0.2) is 45.4 Å². The molecule has 148 valence electrons. The summed E-state index contributed by atoms with van der Waals surface area (Å²) in [7, 11) is 0. The molecule has 1 aromatic carbocycles. The van der Waals surface area contributed by atoms with Crippen molar-refractivity contribution in [3.05, 3.63) is 47.7 Å². The Bertz CT molecular complexity index is 1160. The van der Waals surface area contributed by atoms with Gasteiger partial charge in [0.1, 0.15) is 22.0 Å². The van der Waals surface area contributed by atoms with Gasteiger partial charge in [-0.15, -0.1) is 16.4 Å². The lowest BCUT2D eigenvalue weighted by atomic mass is 10.1. The summed E-state index contributed by atoms with van der Waals surface area (Å²) in [6.07, 6.45) is 1.47. The van der Waals surface area contributed by atoms with Gasteiger partial charge in [0, 0.05) is 16.9 Å². The summed E-state index contributed by atoms with van der Waals surface area (Å²) >= 11 is 2.76. The van der Waals surface area contributed by atoms with Gasteiger partial charge in [-0.05, 0) is 17.7 Å². The first kappa shape index (κ1) is 19.5. The van der Waals surface area contributed by atoms with Crippen LogP contribution in [-0.2, 0) is 4.79 Å². The fourth-order valence-electron chi connectivity index (χ4n) is 2.61. The number of hydrogen-bond donors (Lipinski definition) is 1. The lowest BCUT2D eigenvalue weighted by Gasteiger charge is -2.05. The van der Waals surface area contributed by atoms with E-state index in [2.05, 4.69) is 25.5 Å². The third kappa shape index (κ3) is 4.28. The van der Waals surface area contributed by atoms with Gasteiger partial charge in [0.25, 0.3) is 0 Å². The maximum Gasteiger partial charge on any atom is 0.322 e. The molecular weight excluding hydrogens is 413 g/mol. The predicted molar refractivity (Wildman–Crippen MR) is 111 cm³/mol. The lowest BCUT2D eigenvalue weighted by Crippen LogP contribution is -2.14. The number of benzene rings is 1. The van der Waals surface area contributed by atoms with Crippen LogP contribution in [0, 0.1) is 5.82 Å². The van der Waals surface area contributed by atoms with Crippen molar-refractivity contribution in [1.29, 1.82) is 0 Å². The molecule has 0 fully saturated rings. The molecule has 0 saturated carbocycles. The molecule has 0 bridgehead atoms. The minimum atomic E-state index is -0.294. The van der Waals surface area contributed by atoms with Gasteiger partial charge in [0.2, 0.25) is 11.8 Å². The smallest absolute Gasteiger partial charge is 0.322 e. The molecule has 10 heteroatoms. The fourth-order valence-corrected chi connectivity index (χ4v) is 4.40. The van der Waals surface area contributed by atoms with Gasteiger partial charge < -0.3 is 4.42 Å². The first-order valence-corrected chi connectivity index (χ1v) is 10.6. The SMILES string of the molecule is CC(C)c1nnc(NC(=O)CSc2ncnc3scc(-c4ccc(F)cc4)c23)o1. The number of hydrogen-bond acceptors (Lipinski definition) is 8. The molecule has 0 aliphatic rings. The second-order valence-corrected chi connectivity index (χ2v) is 8.27. The van der Waals surface area contributed by atoms with E-state index in [1.165, 1.54) is 41.6 Å². The van der Waals surface area contributed by atoms with Crippen molar-refractivity contribution in [1.82, 2.24) is 20.2 Å². The number of halogens is 1. The fraction of sp³-hybridized carbons (Fsp3) is 0.211. The van der Waals surface area contributed by atoms with Crippen molar-refractivity contribution in [2.75, 3.05) is 11.1 Å². The van der Waals surface area contributed by atoms with E-state index in [0.29, 0.717) is 10.9 Å². The Kier molecular flexibility index (Phi) is 5.54. The summed E-state index contributed by atoms with van der Waals surface area (Å²) in [6.45, 7) is 3.85. The van der Waals surface area contributed by atoms with Crippen LogP contribution in [-0.4, -0.2) is 31.8 Å². The Morgan fingerprint density at radius 2 is 2.03 bits per heavy atom. The van der Waals surface area contributed by atoms with Gasteiger partial charge in [-0.1, -0.05) is 42.8 Å². The van der Waals surface area contributed by atoms with Crippen molar-refractivity contribution < 1.29 is 13.6 Å². The third-order valence-corrected chi connectivity index (χ3v) is 5.89. The summed E-state index contributed by atoms with van der Waals surface area (Å²) in [5.41, 5.74) is 1.78. The number of rotatable bonds is 6. The molecule has 1 N–H and O–H groups in total. The normalized spacial score (nSPS) is 11.3. The molecule has 3 heterocycles. The minimum Gasteiger partial charge on any atom is -0.408 e. The predicted octanol–water partition coefficient (Wildman–Crippen LogP) is 4.73. The molecule has 0 saturated heterocycles. The monoisotopic (exact) mass is 429 g/mol. The van der Waals surface area contributed by atoms with Crippen LogP contribution in [0.4, 0.5) is 10.4 Å². The van der Waals surface area contributed by atoms with E-state index >= 15 is 0 Å². The van der Waals surface area contributed by atoms with E-state index in [4.69, 9.17) is 4.42 Å². The van der Waals surface area contributed by atoms with Crippen molar-refractivity contribution >= 4 is 45.2 Å². The second-order valence-electron chi connectivity index (χ2n) is 6.45. The van der Waals surface area contributed by atoms with Gasteiger partial charge in [-0.25, -0.2) is 14.4 Å². The third-order valence-electron chi connectivity index (χ3n) is 4.01. The molecule has 0 radical (unpaired) electrons. The molecule has 7 nitrogen and oxygen atoms in total. The first-order chi connectivity index (χ1) is 14.0. The van der Waals surface area contributed by atoms with Gasteiger partial charge in [-0.3, -0.25) is 10.1 Å². The molecular formula is C19H16FN5O2S2. The zero-order chi connectivity index (χ0) is 20.4. The van der Waals surface area contributed by atoms with E-state index < -0.39 is 0 Å². The number of nitrogens with one attached hydrogen (secondary N) is 1. The molecule has 0 aliphatic heterocycles. The number of nitrogens with zero attached hydrogens (tertiary/aromatic N) is 4. The van der Waals surface area contributed by atoms with Gasteiger partial charge >= 0.3 is 6.01 Å². The van der Waals surface area contributed by atoms with Crippen molar-refractivity contribution in [3.8, 4) is 11.1 Å². The second kappa shape index (κ2) is 8.26. The summed E-state index contributed by atoms with van der Waals surface area (Å²) in [5.74, 6) is 0.0919. The van der Waals surface area contributed by atoms with Crippen LogP contribution in [0.2, 0.25) is 0 Å². The average molecular weight is 430 g/mol. The van der Waals surface area contributed by atoms with E-state index in [1.807, 2.05) is 19.2 Å². The molecule has 0 atom stereocenters. The molecule has 4 aromatic rings. The highest BCUT2D eigenvalue weighted by molar-refractivity contribution is 8.00. The quantitative estimate of drug-likeness (QED) is 0.350. The Morgan fingerprint density at radius 3 is 2.76 bits per heavy atom. The number of thioether (sulfide) groups is 1. The van der Waals surface area contributed by atoms with Crippen LogP contribution in [0.1, 0.15) is 25.7 Å². The van der Waals surface area contributed by atoms with Crippen molar-refractivity contribution in [2.24, 2.45) is 0 Å². The number of carbonyl (C=O) groups excluding carboxylic acids is 1. The molecule has 0 aliphatic carbocycles. The lowest BCUT2D eigenvalue weighted by molar-refractivity contribution is -0.113. The van der Waals surface area contributed by atoms with Crippen LogP contribution < -0.4 is 5.32 Å². The molecule has 3 aromatic heterocycles. The molecule has 4 rings (SSSR count). The average Bonchev–Trinajstić information content (AvgIpc) is 3.34. The number of fused-ring (bicyclic) bond motifs is 1. The van der Waals surface area contributed by atoms with Gasteiger partial charge in [0.15, 0.2) is 0 Å². The summed E-state index contributed by atoms with van der Waals surface area (Å²) in [5, 5.41) is 13.8. The summed E-state index contributed by atoms with van der Waals surface area (Å²) in [4.78, 5) is 21.7. The van der Waals surface area contributed by atoms with E-state index in [-0.39, 0.29) is 29.4 Å². The van der Waals surface area contributed by atoms with Crippen LogP contribution in [0.5, 0.6) is 0 Å². The topological polar surface area (TPSA) is 93.8 Å². The Hall–Kier alpha value is -2.85. The number of amides is 1. The molecule has 0 unspecified atom stereocenters. The van der Waals surface area contributed by atoms with E-state index in [1.54, 1.807) is 12.1 Å². The number of anilines is 1. The molecule has 0 spiro atoms. The largest absolute Gasteiger partial charge is 0.408 e. The zero-order valence-corrected chi connectivity index (χ0v) is 17.2. The summed E-state index contributed by atoms with van der Waals surface area (Å²) < 4.78 is 18.7. The van der Waals surface area contributed by atoms with Crippen LogP contribution >= 0.6 is 23.1 Å². The Labute approximate surface area is 173 Å². The maximum atomic E-state index is 13.3. The zero-order valence-electron chi connectivity index (χ0n) is 15.5. The van der Waals surface area contributed by atoms with Crippen LogP contribution in [0.3, 0.4) is 0 Å². The summed E-state index contributed by atoms with van der Waals surface area (Å²) in [6, 6.07) is 6.34. The highest BCUT2D eigenvalue weighted by Gasteiger charge is 2.16. The van der Waals surface area contributed by atoms with Gasteiger partial charge in [-0.2, -0.15) is 0 Å². The number of carbonyl (C=O) groups is 1. The van der Waals surface area contributed by atoms with E-state index in [0.717, 1.165) is 21.3 Å². The van der Waals surface area contributed by atoms with Crippen molar-refractivity contribution in [2.45, 2.75) is 24.8 Å². The Morgan fingerprint density at radius 1 is 1.24 bits per heavy atom.